The van der Waals surface area contributed by atoms with E-state index in [2.05, 4.69) is 0 Å². The third-order valence-electron chi connectivity index (χ3n) is 2.50. The molecule has 5 heteroatoms. The Morgan fingerprint density at radius 2 is 2.33 bits per heavy atom. The highest BCUT2D eigenvalue weighted by atomic mass is 35.5. The van der Waals surface area contributed by atoms with E-state index in [1.807, 2.05) is 0 Å². The highest BCUT2D eigenvalue weighted by Gasteiger charge is 2.22. The first kappa shape index (κ1) is 10.8. The van der Waals surface area contributed by atoms with Crippen LogP contribution in [0.15, 0.2) is 18.2 Å². The Labute approximate surface area is 92.5 Å². The molecule has 1 aliphatic rings. The van der Waals surface area contributed by atoms with Gasteiger partial charge in [0.1, 0.15) is 5.82 Å². The molecule has 1 aromatic rings. The van der Waals surface area contributed by atoms with E-state index >= 15 is 0 Å². The molecule has 1 heterocycles. The first-order valence-corrected chi connectivity index (χ1v) is 5.10. The zero-order valence-corrected chi connectivity index (χ0v) is 8.88. The number of rotatable bonds is 1. The molecule has 0 saturated carbocycles. The van der Waals surface area contributed by atoms with Gasteiger partial charge in [0, 0.05) is 6.54 Å². The van der Waals surface area contributed by atoms with Gasteiger partial charge in [0.15, 0.2) is 0 Å². The maximum atomic E-state index is 13.0. The van der Waals surface area contributed by atoms with Crippen LogP contribution in [0.4, 0.5) is 4.39 Å². The SMILES string of the molecule is NN1CCOCC1c1ccc(F)c(Cl)c1. The molecule has 82 valence electrons. The molecule has 1 fully saturated rings. The van der Waals surface area contributed by atoms with E-state index in [0.29, 0.717) is 19.8 Å². The number of nitrogens with two attached hydrogens (primary N) is 1. The third kappa shape index (κ3) is 2.29. The summed E-state index contributed by atoms with van der Waals surface area (Å²) in [5.74, 6) is 5.40. The van der Waals surface area contributed by atoms with Crippen LogP contribution in [0.2, 0.25) is 5.02 Å². The van der Waals surface area contributed by atoms with Crippen molar-refractivity contribution < 1.29 is 9.13 Å². The summed E-state index contributed by atoms with van der Waals surface area (Å²) in [4.78, 5) is 0. The van der Waals surface area contributed by atoms with Crippen LogP contribution in [0.1, 0.15) is 11.6 Å². The van der Waals surface area contributed by atoms with E-state index in [9.17, 15) is 4.39 Å². The van der Waals surface area contributed by atoms with Crippen molar-refractivity contribution in [3.05, 3.63) is 34.6 Å². The molecule has 0 radical (unpaired) electrons. The number of benzene rings is 1. The number of hydrogen-bond acceptors (Lipinski definition) is 3. The largest absolute Gasteiger partial charge is 0.378 e. The number of morpholine rings is 1. The number of nitrogens with zero attached hydrogens (tertiary/aromatic N) is 1. The Bertz CT molecular complexity index is 361. The fraction of sp³-hybridized carbons (Fsp3) is 0.400. The number of ether oxygens (including phenoxy) is 1. The van der Waals surface area contributed by atoms with Crippen LogP contribution in [0.5, 0.6) is 0 Å². The maximum absolute atomic E-state index is 13.0. The van der Waals surface area contributed by atoms with Crippen molar-refractivity contribution in [2.24, 2.45) is 5.84 Å². The molecule has 0 amide bonds. The molecular weight excluding hydrogens is 219 g/mol. The first-order valence-electron chi connectivity index (χ1n) is 4.72. The van der Waals surface area contributed by atoms with E-state index in [0.717, 1.165) is 5.56 Å². The molecule has 2 N–H and O–H groups in total. The zero-order valence-electron chi connectivity index (χ0n) is 8.12. The number of hydrogen-bond donors (Lipinski definition) is 1. The minimum Gasteiger partial charge on any atom is -0.378 e. The van der Waals surface area contributed by atoms with Crippen molar-refractivity contribution in [2.45, 2.75) is 6.04 Å². The minimum absolute atomic E-state index is 0.0446. The lowest BCUT2D eigenvalue weighted by Gasteiger charge is -2.32. The van der Waals surface area contributed by atoms with Gasteiger partial charge in [-0.05, 0) is 17.7 Å². The molecule has 15 heavy (non-hydrogen) atoms. The first-order chi connectivity index (χ1) is 7.18. The Balaban J connectivity index is 2.24. The van der Waals surface area contributed by atoms with E-state index in [1.54, 1.807) is 17.1 Å². The lowest BCUT2D eigenvalue weighted by molar-refractivity contribution is -0.00896. The summed E-state index contributed by atoms with van der Waals surface area (Å²) >= 11 is 5.71. The van der Waals surface area contributed by atoms with Crippen LogP contribution in [0, 0.1) is 5.82 Å². The maximum Gasteiger partial charge on any atom is 0.141 e. The molecule has 0 aromatic heterocycles. The second-order valence-corrected chi connectivity index (χ2v) is 3.91. The molecule has 2 rings (SSSR count). The second kappa shape index (κ2) is 4.45. The van der Waals surface area contributed by atoms with E-state index in [4.69, 9.17) is 22.2 Å². The van der Waals surface area contributed by atoms with Gasteiger partial charge in [-0.25, -0.2) is 9.40 Å². The van der Waals surface area contributed by atoms with Crippen molar-refractivity contribution >= 4 is 11.6 Å². The summed E-state index contributed by atoms with van der Waals surface area (Å²) < 4.78 is 18.3. The topological polar surface area (TPSA) is 38.5 Å². The van der Waals surface area contributed by atoms with Crippen LogP contribution in [0.25, 0.3) is 0 Å². The fourth-order valence-electron chi connectivity index (χ4n) is 1.62. The van der Waals surface area contributed by atoms with Gasteiger partial charge in [-0.15, -0.1) is 0 Å². The van der Waals surface area contributed by atoms with Crippen molar-refractivity contribution in [1.82, 2.24) is 5.01 Å². The summed E-state index contributed by atoms with van der Waals surface area (Å²) in [6, 6.07) is 4.58. The third-order valence-corrected chi connectivity index (χ3v) is 2.79. The summed E-state index contributed by atoms with van der Waals surface area (Å²) in [5, 5.41) is 1.80. The average molecular weight is 231 g/mol. The molecule has 0 spiro atoms. The summed E-state index contributed by atoms with van der Waals surface area (Å²) in [6.45, 7) is 1.81. The summed E-state index contributed by atoms with van der Waals surface area (Å²) in [5.41, 5.74) is 0.878. The quantitative estimate of drug-likeness (QED) is 0.747. The fourth-order valence-corrected chi connectivity index (χ4v) is 1.81. The standard InChI is InChI=1S/C10H12ClFN2O/c11-8-5-7(1-2-9(8)12)10-6-15-4-3-14(10)13/h1-2,5,10H,3-4,6,13H2. The Morgan fingerprint density at radius 3 is 3.00 bits per heavy atom. The van der Waals surface area contributed by atoms with Crippen molar-refractivity contribution in [1.29, 1.82) is 0 Å². The molecule has 1 aromatic carbocycles. The van der Waals surface area contributed by atoms with E-state index in [1.165, 1.54) is 6.07 Å². The molecule has 1 saturated heterocycles. The molecule has 0 bridgehead atoms. The summed E-state index contributed by atoms with van der Waals surface area (Å²) in [6.07, 6.45) is 0. The second-order valence-electron chi connectivity index (χ2n) is 3.50. The van der Waals surface area contributed by atoms with Gasteiger partial charge in [0.05, 0.1) is 24.3 Å². The lowest BCUT2D eigenvalue weighted by Crippen LogP contribution is -2.44. The number of hydrazine groups is 1. The van der Waals surface area contributed by atoms with Gasteiger partial charge in [0.2, 0.25) is 0 Å². The van der Waals surface area contributed by atoms with Crippen LogP contribution < -0.4 is 5.84 Å². The molecule has 3 nitrogen and oxygen atoms in total. The molecule has 1 aliphatic heterocycles. The van der Waals surface area contributed by atoms with E-state index < -0.39 is 5.82 Å². The van der Waals surface area contributed by atoms with Crippen LogP contribution >= 0.6 is 11.6 Å². The van der Waals surface area contributed by atoms with Gasteiger partial charge >= 0.3 is 0 Å². The number of halogens is 2. The Kier molecular flexibility index (Phi) is 3.21. The Hall–Kier alpha value is -0.680. The average Bonchev–Trinajstić information content (AvgIpc) is 2.23. The minimum atomic E-state index is -0.416. The molecular formula is C10H12ClFN2O. The monoisotopic (exact) mass is 230 g/mol. The van der Waals surface area contributed by atoms with Gasteiger partial charge in [-0.1, -0.05) is 17.7 Å². The molecule has 1 atom stereocenters. The zero-order chi connectivity index (χ0) is 10.8. The highest BCUT2D eigenvalue weighted by Crippen LogP contribution is 2.25. The highest BCUT2D eigenvalue weighted by molar-refractivity contribution is 6.30. The van der Waals surface area contributed by atoms with Gasteiger partial charge < -0.3 is 4.74 Å². The molecule has 0 aliphatic carbocycles. The van der Waals surface area contributed by atoms with Crippen LogP contribution in [0.3, 0.4) is 0 Å². The molecule has 1 unspecified atom stereocenters. The predicted octanol–water partition coefficient (Wildman–Crippen LogP) is 1.73. The smallest absolute Gasteiger partial charge is 0.141 e. The van der Waals surface area contributed by atoms with Crippen molar-refractivity contribution in [3.8, 4) is 0 Å². The normalized spacial score (nSPS) is 23.0. The lowest BCUT2D eigenvalue weighted by atomic mass is 10.1. The van der Waals surface area contributed by atoms with Gasteiger partial charge in [-0.3, -0.25) is 5.84 Å². The van der Waals surface area contributed by atoms with Gasteiger partial charge in [0.25, 0.3) is 0 Å². The van der Waals surface area contributed by atoms with Crippen molar-refractivity contribution in [2.75, 3.05) is 19.8 Å². The Morgan fingerprint density at radius 1 is 1.53 bits per heavy atom. The van der Waals surface area contributed by atoms with Crippen LogP contribution in [-0.4, -0.2) is 24.8 Å². The predicted molar refractivity (Wildman–Crippen MR) is 55.9 cm³/mol. The van der Waals surface area contributed by atoms with Crippen LogP contribution in [-0.2, 0) is 4.74 Å². The van der Waals surface area contributed by atoms with E-state index in [-0.39, 0.29) is 11.1 Å². The van der Waals surface area contributed by atoms with Crippen molar-refractivity contribution in [3.63, 3.8) is 0 Å². The summed E-state index contributed by atoms with van der Waals surface area (Å²) in [7, 11) is 0. The van der Waals surface area contributed by atoms with Gasteiger partial charge in [-0.2, -0.15) is 0 Å².